The Balaban J connectivity index is 1.43. The van der Waals surface area contributed by atoms with Crippen LogP contribution in [-0.2, 0) is 4.74 Å². The van der Waals surface area contributed by atoms with E-state index in [1.807, 2.05) is 43.9 Å². The van der Waals surface area contributed by atoms with Crippen LogP contribution in [-0.4, -0.2) is 36.3 Å². The largest absolute Gasteiger partial charge is 0.493 e. The molecule has 2 fully saturated rings. The van der Waals surface area contributed by atoms with Crippen molar-refractivity contribution in [2.75, 3.05) is 19.7 Å². The first-order valence-corrected chi connectivity index (χ1v) is 11.3. The van der Waals surface area contributed by atoms with E-state index in [1.54, 1.807) is 0 Å². The van der Waals surface area contributed by atoms with Crippen molar-refractivity contribution in [3.8, 4) is 5.75 Å². The highest BCUT2D eigenvalue weighted by molar-refractivity contribution is 9.10. The molecule has 1 unspecified atom stereocenters. The summed E-state index contributed by atoms with van der Waals surface area (Å²) >= 11 is 3.57. The summed E-state index contributed by atoms with van der Waals surface area (Å²) in [6.45, 7) is 10.3. The Bertz CT molecular complexity index is 690. The van der Waals surface area contributed by atoms with E-state index < -0.39 is 5.60 Å². The number of hydrogen-bond acceptors (Lipinski definition) is 3. The molecule has 1 aliphatic heterocycles. The second-order valence-electron chi connectivity index (χ2n) is 9.58. The molecule has 1 atom stereocenters. The Labute approximate surface area is 178 Å². The van der Waals surface area contributed by atoms with Crippen LogP contribution in [0.2, 0.25) is 0 Å². The van der Waals surface area contributed by atoms with E-state index in [9.17, 15) is 4.79 Å². The molecule has 5 heteroatoms. The molecular weight excluding hydrogens is 418 g/mol. The zero-order valence-electron chi connectivity index (χ0n) is 17.7. The molecule has 1 heterocycles. The normalized spacial score (nSPS) is 21.8. The van der Waals surface area contributed by atoms with Gasteiger partial charge in [-0.2, -0.15) is 0 Å². The highest BCUT2D eigenvalue weighted by Crippen LogP contribution is 2.50. The molecule has 0 N–H and O–H groups in total. The van der Waals surface area contributed by atoms with Gasteiger partial charge in [0.25, 0.3) is 0 Å². The summed E-state index contributed by atoms with van der Waals surface area (Å²) in [5.74, 6) is 1.72. The summed E-state index contributed by atoms with van der Waals surface area (Å²) in [4.78, 5) is 14.2. The fraction of sp³-hybridized carbons (Fsp3) is 0.696. The minimum absolute atomic E-state index is 0.158. The Kier molecular flexibility index (Phi) is 6.63. The quantitative estimate of drug-likeness (QED) is 0.535. The van der Waals surface area contributed by atoms with Crippen molar-refractivity contribution in [1.82, 2.24) is 4.90 Å². The molecule has 1 spiro atoms. The van der Waals surface area contributed by atoms with Crippen LogP contribution in [0.25, 0.3) is 0 Å². The Morgan fingerprint density at radius 3 is 2.64 bits per heavy atom. The standard InChI is InChI=1S/C23H34BrNO3/c1-17-19(24)6-5-7-20(17)27-15-9-18-8-10-23(16-18)11-13-25(14-12-23)21(26)28-22(2,3)4/h5-7,18H,8-16H2,1-4H3. The SMILES string of the molecule is Cc1c(Br)cccc1OCCC1CCC2(CCN(C(=O)OC(C)(C)C)CC2)C1. The van der Waals surface area contributed by atoms with Crippen LogP contribution >= 0.6 is 15.9 Å². The number of carbonyl (C=O) groups is 1. The molecule has 0 bridgehead atoms. The van der Waals surface area contributed by atoms with Crippen molar-refractivity contribution in [3.63, 3.8) is 0 Å². The number of nitrogens with zero attached hydrogens (tertiary/aromatic N) is 1. The summed E-state index contributed by atoms with van der Waals surface area (Å²) in [7, 11) is 0. The van der Waals surface area contributed by atoms with Gasteiger partial charge in [0.1, 0.15) is 11.4 Å². The molecule has 1 aromatic carbocycles. The number of benzene rings is 1. The molecule has 156 valence electrons. The highest BCUT2D eigenvalue weighted by Gasteiger charge is 2.42. The molecule has 28 heavy (non-hydrogen) atoms. The van der Waals surface area contributed by atoms with E-state index in [0.717, 1.165) is 55.1 Å². The van der Waals surface area contributed by atoms with Crippen LogP contribution in [0.3, 0.4) is 0 Å². The van der Waals surface area contributed by atoms with Crippen molar-refractivity contribution in [2.24, 2.45) is 11.3 Å². The van der Waals surface area contributed by atoms with Gasteiger partial charge < -0.3 is 14.4 Å². The van der Waals surface area contributed by atoms with Crippen molar-refractivity contribution in [3.05, 3.63) is 28.2 Å². The first-order chi connectivity index (χ1) is 13.2. The fourth-order valence-corrected chi connectivity index (χ4v) is 4.95. The predicted octanol–water partition coefficient (Wildman–Crippen LogP) is 6.34. The molecule has 0 radical (unpaired) electrons. The zero-order valence-corrected chi connectivity index (χ0v) is 19.3. The number of carbonyl (C=O) groups excluding carboxylic acids is 1. The maximum absolute atomic E-state index is 12.3. The third kappa shape index (κ3) is 5.43. The zero-order chi connectivity index (χ0) is 20.4. The smallest absolute Gasteiger partial charge is 0.410 e. The number of likely N-dealkylation sites (tertiary alicyclic amines) is 1. The lowest BCUT2D eigenvalue weighted by molar-refractivity contribution is 0.0102. The lowest BCUT2D eigenvalue weighted by Crippen LogP contribution is -2.44. The molecule has 1 aliphatic carbocycles. The first-order valence-electron chi connectivity index (χ1n) is 10.5. The molecular formula is C23H34BrNO3. The predicted molar refractivity (Wildman–Crippen MR) is 116 cm³/mol. The van der Waals surface area contributed by atoms with Crippen LogP contribution in [0.5, 0.6) is 5.75 Å². The van der Waals surface area contributed by atoms with Gasteiger partial charge in [-0.05, 0) is 89.7 Å². The number of piperidine rings is 1. The maximum atomic E-state index is 12.3. The molecule has 1 amide bonds. The Morgan fingerprint density at radius 1 is 1.25 bits per heavy atom. The molecule has 1 saturated carbocycles. The minimum atomic E-state index is -0.419. The van der Waals surface area contributed by atoms with Gasteiger partial charge in [0, 0.05) is 23.1 Å². The number of hydrogen-bond donors (Lipinski definition) is 0. The van der Waals surface area contributed by atoms with E-state index in [4.69, 9.17) is 9.47 Å². The summed E-state index contributed by atoms with van der Waals surface area (Å²) < 4.78 is 12.7. The second-order valence-corrected chi connectivity index (χ2v) is 10.4. The molecule has 1 aromatic rings. The van der Waals surface area contributed by atoms with Gasteiger partial charge in [0.05, 0.1) is 6.61 Å². The Morgan fingerprint density at radius 2 is 1.96 bits per heavy atom. The van der Waals surface area contributed by atoms with Crippen LogP contribution in [0.4, 0.5) is 4.79 Å². The van der Waals surface area contributed by atoms with Crippen molar-refractivity contribution in [2.45, 2.75) is 71.8 Å². The topological polar surface area (TPSA) is 38.8 Å². The monoisotopic (exact) mass is 451 g/mol. The lowest BCUT2D eigenvalue weighted by Gasteiger charge is -2.40. The van der Waals surface area contributed by atoms with Gasteiger partial charge >= 0.3 is 6.09 Å². The average molecular weight is 452 g/mol. The van der Waals surface area contributed by atoms with Gasteiger partial charge in [-0.25, -0.2) is 4.79 Å². The highest BCUT2D eigenvalue weighted by atomic mass is 79.9. The Hall–Kier alpha value is -1.23. The summed E-state index contributed by atoms with van der Waals surface area (Å²) in [6, 6.07) is 6.12. The van der Waals surface area contributed by atoms with Gasteiger partial charge in [-0.1, -0.05) is 22.0 Å². The number of ether oxygens (including phenoxy) is 2. The van der Waals surface area contributed by atoms with Gasteiger partial charge in [0.2, 0.25) is 0 Å². The van der Waals surface area contributed by atoms with E-state index in [0.29, 0.717) is 5.41 Å². The van der Waals surface area contributed by atoms with Gasteiger partial charge in [-0.3, -0.25) is 0 Å². The van der Waals surface area contributed by atoms with Crippen molar-refractivity contribution >= 4 is 22.0 Å². The fourth-order valence-electron chi connectivity index (χ4n) is 4.60. The average Bonchev–Trinajstić information content (AvgIpc) is 3.00. The molecule has 1 saturated heterocycles. The minimum Gasteiger partial charge on any atom is -0.493 e. The van der Waals surface area contributed by atoms with Crippen LogP contribution < -0.4 is 4.74 Å². The van der Waals surface area contributed by atoms with Crippen molar-refractivity contribution < 1.29 is 14.3 Å². The summed E-state index contributed by atoms with van der Waals surface area (Å²) in [6.07, 6.45) is 7.01. The van der Waals surface area contributed by atoms with Crippen LogP contribution in [0, 0.1) is 18.3 Å². The van der Waals surface area contributed by atoms with E-state index in [2.05, 4.69) is 22.9 Å². The third-order valence-electron chi connectivity index (χ3n) is 6.28. The van der Waals surface area contributed by atoms with Gasteiger partial charge in [0.15, 0.2) is 0 Å². The summed E-state index contributed by atoms with van der Waals surface area (Å²) in [5.41, 5.74) is 1.17. The number of halogens is 1. The van der Waals surface area contributed by atoms with Crippen LogP contribution in [0.1, 0.15) is 64.9 Å². The van der Waals surface area contributed by atoms with Gasteiger partial charge in [-0.15, -0.1) is 0 Å². The number of amides is 1. The molecule has 2 aliphatic rings. The van der Waals surface area contributed by atoms with Crippen LogP contribution in [0.15, 0.2) is 22.7 Å². The molecule has 4 nitrogen and oxygen atoms in total. The lowest BCUT2D eigenvalue weighted by atomic mass is 9.76. The third-order valence-corrected chi connectivity index (χ3v) is 7.14. The van der Waals surface area contributed by atoms with Crippen molar-refractivity contribution in [1.29, 1.82) is 0 Å². The second kappa shape index (κ2) is 8.64. The number of rotatable bonds is 4. The molecule has 0 aromatic heterocycles. The van der Waals surface area contributed by atoms with E-state index >= 15 is 0 Å². The summed E-state index contributed by atoms with van der Waals surface area (Å²) in [5, 5.41) is 0. The van der Waals surface area contributed by atoms with E-state index in [-0.39, 0.29) is 6.09 Å². The maximum Gasteiger partial charge on any atom is 0.410 e. The first kappa shape index (κ1) is 21.5. The van der Waals surface area contributed by atoms with E-state index in [1.165, 1.54) is 24.8 Å². The molecule has 3 rings (SSSR count).